The second-order valence-electron chi connectivity index (χ2n) is 7.37. The fraction of sp³-hybridized carbons (Fsp3) is 0.455. The molecule has 0 fully saturated rings. The fourth-order valence-electron chi connectivity index (χ4n) is 2.42. The van der Waals surface area contributed by atoms with Gasteiger partial charge in [-0.1, -0.05) is 52.0 Å². The molecule has 0 heterocycles. The zero-order valence-corrected chi connectivity index (χ0v) is 16.9. The summed E-state index contributed by atoms with van der Waals surface area (Å²) >= 11 is 0. The molecule has 0 spiro atoms. The van der Waals surface area contributed by atoms with Gasteiger partial charge in [-0.15, -0.1) is 0 Å². The number of rotatable bonds is 8. The summed E-state index contributed by atoms with van der Waals surface area (Å²) < 4.78 is 20.9. The van der Waals surface area contributed by atoms with Gasteiger partial charge in [-0.3, -0.25) is 0 Å². The van der Waals surface area contributed by atoms with Gasteiger partial charge in [0, 0.05) is 10.8 Å². The number of carbonyl (C=O) groups is 2. The third-order valence-corrected chi connectivity index (χ3v) is 4.06. The number of benzene rings is 2. The molecule has 0 saturated heterocycles. The van der Waals surface area contributed by atoms with Gasteiger partial charge >= 0.3 is 12.3 Å². The van der Waals surface area contributed by atoms with Gasteiger partial charge in [0.2, 0.25) is 0 Å². The van der Waals surface area contributed by atoms with E-state index < -0.39 is 12.3 Å². The second-order valence-corrected chi connectivity index (χ2v) is 7.37. The van der Waals surface area contributed by atoms with Crippen molar-refractivity contribution in [1.29, 1.82) is 0 Å². The van der Waals surface area contributed by atoms with Crippen LogP contribution in [0, 0.1) is 11.8 Å². The van der Waals surface area contributed by atoms with Gasteiger partial charge in [-0.25, -0.2) is 9.59 Å². The molecule has 0 bridgehead atoms. The lowest BCUT2D eigenvalue weighted by Gasteiger charge is -2.12. The van der Waals surface area contributed by atoms with E-state index in [1.807, 2.05) is 12.1 Å². The molecule has 0 aliphatic heterocycles. The van der Waals surface area contributed by atoms with E-state index in [1.54, 1.807) is 24.3 Å². The number of ether oxygens (including phenoxy) is 4. The largest absolute Gasteiger partial charge is 0.513 e. The van der Waals surface area contributed by atoms with E-state index in [4.69, 9.17) is 18.9 Å². The lowest BCUT2D eigenvalue weighted by atomic mass is 10.1. The first-order valence-corrected chi connectivity index (χ1v) is 9.57. The molecule has 0 aliphatic rings. The minimum Gasteiger partial charge on any atom is -0.434 e. The second kappa shape index (κ2) is 10.5. The fourth-order valence-corrected chi connectivity index (χ4v) is 2.42. The van der Waals surface area contributed by atoms with Crippen LogP contribution in [0.4, 0.5) is 9.59 Å². The average Bonchev–Trinajstić information content (AvgIpc) is 2.63. The minimum atomic E-state index is -0.757. The van der Waals surface area contributed by atoms with Crippen LogP contribution in [0.2, 0.25) is 0 Å². The summed E-state index contributed by atoms with van der Waals surface area (Å²) in [6.07, 6.45) is 0.0171. The zero-order valence-electron chi connectivity index (χ0n) is 16.9. The quantitative estimate of drug-likeness (QED) is 0.410. The van der Waals surface area contributed by atoms with Crippen LogP contribution in [0.15, 0.2) is 36.4 Å². The Morgan fingerprint density at radius 2 is 1.11 bits per heavy atom. The molecule has 0 saturated carbocycles. The monoisotopic (exact) mass is 388 g/mol. The lowest BCUT2D eigenvalue weighted by Crippen LogP contribution is -2.14. The number of hydrogen-bond donors (Lipinski definition) is 0. The van der Waals surface area contributed by atoms with Crippen molar-refractivity contribution in [3.63, 3.8) is 0 Å². The first-order valence-electron chi connectivity index (χ1n) is 9.57. The van der Waals surface area contributed by atoms with Crippen molar-refractivity contribution >= 4 is 23.1 Å². The third kappa shape index (κ3) is 6.76. The highest BCUT2D eigenvalue weighted by Crippen LogP contribution is 2.33. The van der Waals surface area contributed by atoms with Crippen molar-refractivity contribution in [2.24, 2.45) is 11.8 Å². The molecule has 0 amide bonds. The highest BCUT2D eigenvalue weighted by atomic mass is 16.7. The Morgan fingerprint density at radius 1 is 0.714 bits per heavy atom. The van der Waals surface area contributed by atoms with Crippen LogP contribution in [0.25, 0.3) is 10.8 Å². The van der Waals surface area contributed by atoms with Crippen LogP contribution < -0.4 is 9.47 Å². The molecule has 0 aliphatic carbocycles. The van der Waals surface area contributed by atoms with Crippen LogP contribution >= 0.6 is 0 Å². The van der Waals surface area contributed by atoms with E-state index in [0.29, 0.717) is 47.3 Å². The van der Waals surface area contributed by atoms with Crippen LogP contribution in [0.3, 0.4) is 0 Å². The van der Waals surface area contributed by atoms with Crippen LogP contribution in [0.1, 0.15) is 40.5 Å². The summed E-state index contributed by atoms with van der Waals surface area (Å²) in [5.41, 5.74) is 0. The summed E-state index contributed by atoms with van der Waals surface area (Å²) in [6, 6.07) is 10.3. The Kier molecular flexibility index (Phi) is 8.11. The molecule has 6 nitrogen and oxygen atoms in total. The molecule has 6 heteroatoms. The number of hydrogen-bond acceptors (Lipinski definition) is 6. The Balaban J connectivity index is 2.07. The summed E-state index contributed by atoms with van der Waals surface area (Å²) in [4.78, 5) is 23.8. The number of fused-ring (bicyclic) bond motifs is 1. The van der Waals surface area contributed by atoms with Gasteiger partial charge in [0.1, 0.15) is 11.5 Å². The molecule has 28 heavy (non-hydrogen) atoms. The lowest BCUT2D eigenvalue weighted by molar-refractivity contribution is 0.0933. The van der Waals surface area contributed by atoms with E-state index in [9.17, 15) is 9.59 Å². The summed E-state index contributed by atoms with van der Waals surface area (Å²) in [5.74, 6) is 1.55. The minimum absolute atomic E-state index is 0.303. The van der Waals surface area contributed by atoms with E-state index in [0.717, 1.165) is 12.8 Å². The van der Waals surface area contributed by atoms with Gasteiger partial charge in [-0.05, 0) is 36.8 Å². The molecule has 2 rings (SSSR count). The molecule has 0 atom stereocenters. The maximum absolute atomic E-state index is 11.9. The summed E-state index contributed by atoms with van der Waals surface area (Å²) in [7, 11) is 0. The molecule has 2 aromatic carbocycles. The SMILES string of the molecule is CC(C)CCOC(=O)Oc1ccc(OC(=O)OCCC(C)C)c2ccccc12. The van der Waals surface area contributed by atoms with Gasteiger partial charge in [0.05, 0.1) is 13.2 Å². The van der Waals surface area contributed by atoms with Gasteiger partial charge in [0.15, 0.2) is 0 Å². The zero-order chi connectivity index (χ0) is 20.5. The molecule has 0 radical (unpaired) electrons. The van der Waals surface area contributed by atoms with Crippen molar-refractivity contribution in [3.05, 3.63) is 36.4 Å². The van der Waals surface area contributed by atoms with Crippen LogP contribution in [-0.2, 0) is 9.47 Å². The van der Waals surface area contributed by atoms with Gasteiger partial charge in [0.25, 0.3) is 0 Å². The molecular formula is C22H28O6. The van der Waals surface area contributed by atoms with Crippen molar-refractivity contribution in [3.8, 4) is 11.5 Å². The smallest absolute Gasteiger partial charge is 0.434 e. The van der Waals surface area contributed by atoms with Gasteiger partial charge in [-0.2, -0.15) is 0 Å². The maximum atomic E-state index is 11.9. The molecule has 0 aromatic heterocycles. The van der Waals surface area contributed by atoms with Crippen molar-refractivity contribution in [2.45, 2.75) is 40.5 Å². The average molecular weight is 388 g/mol. The van der Waals surface area contributed by atoms with Crippen LogP contribution in [-0.4, -0.2) is 25.5 Å². The van der Waals surface area contributed by atoms with E-state index in [2.05, 4.69) is 27.7 Å². The van der Waals surface area contributed by atoms with E-state index in [1.165, 1.54) is 0 Å². The normalized spacial score (nSPS) is 10.9. The molecule has 0 N–H and O–H groups in total. The number of carbonyl (C=O) groups excluding carboxylic acids is 2. The highest BCUT2D eigenvalue weighted by Gasteiger charge is 2.15. The van der Waals surface area contributed by atoms with Gasteiger partial charge < -0.3 is 18.9 Å². The molecule has 2 aromatic rings. The first-order chi connectivity index (χ1) is 13.4. The Hall–Kier alpha value is -2.76. The first kappa shape index (κ1) is 21.5. The summed E-state index contributed by atoms with van der Waals surface area (Å²) in [5, 5.41) is 1.27. The predicted octanol–water partition coefficient (Wildman–Crippen LogP) is 5.96. The third-order valence-electron chi connectivity index (χ3n) is 4.06. The topological polar surface area (TPSA) is 71.1 Å². The molecular weight excluding hydrogens is 360 g/mol. The van der Waals surface area contributed by atoms with Crippen molar-refractivity contribution in [2.75, 3.05) is 13.2 Å². The summed E-state index contributed by atoms with van der Waals surface area (Å²) in [6.45, 7) is 8.81. The Morgan fingerprint density at radius 3 is 1.46 bits per heavy atom. The predicted molar refractivity (Wildman–Crippen MR) is 107 cm³/mol. The van der Waals surface area contributed by atoms with Crippen molar-refractivity contribution in [1.82, 2.24) is 0 Å². The Labute approximate surface area is 165 Å². The highest BCUT2D eigenvalue weighted by molar-refractivity contribution is 5.95. The van der Waals surface area contributed by atoms with E-state index in [-0.39, 0.29) is 0 Å². The Bertz CT molecular complexity index is 730. The van der Waals surface area contributed by atoms with Crippen LogP contribution in [0.5, 0.6) is 11.5 Å². The van der Waals surface area contributed by atoms with Crippen molar-refractivity contribution < 1.29 is 28.5 Å². The standard InChI is InChI=1S/C22H28O6/c1-15(2)11-13-25-21(23)27-19-9-10-20(18-8-6-5-7-17(18)19)28-22(24)26-14-12-16(3)4/h5-10,15-16H,11-14H2,1-4H3. The maximum Gasteiger partial charge on any atom is 0.513 e. The molecule has 0 unspecified atom stereocenters. The van der Waals surface area contributed by atoms with E-state index >= 15 is 0 Å². The molecule has 152 valence electrons.